The summed E-state index contributed by atoms with van der Waals surface area (Å²) in [6, 6.07) is 8.55. The molecule has 1 aromatic rings. The number of rotatable bonds is 7. The first-order valence-electron chi connectivity index (χ1n) is 8.52. The summed E-state index contributed by atoms with van der Waals surface area (Å²) >= 11 is 0. The van der Waals surface area contributed by atoms with Crippen LogP contribution in [0.3, 0.4) is 0 Å². The van der Waals surface area contributed by atoms with Gasteiger partial charge in [-0.15, -0.1) is 0 Å². The molecule has 0 aromatic heterocycles. The molecule has 1 fully saturated rings. The summed E-state index contributed by atoms with van der Waals surface area (Å²) in [6.07, 6.45) is 5.95. The number of benzene rings is 1. The van der Waals surface area contributed by atoms with E-state index in [1.54, 1.807) is 0 Å². The van der Waals surface area contributed by atoms with Crippen molar-refractivity contribution < 1.29 is 4.79 Å². The highest BCUT2D eigenvalue weighted by atomic mass is 16.1. The van der Waals surface area contributed by atoms with Crippen LogP contribution in [0, 0.1) is 0 Å². The smallest absolute Gasteiger partial charge is 0.157 e. The molecule has 116 valence electrons. The van der Waals surface area contributed by atoms with Crippen LogP contribution in [-0.4, -0.2) is 29.3 Å². The molecular formula is C19H29NO. The Morgan fingerprint density at radius 1 is 1.00 bits per heavy atom. The average Bonchev–Trinajstić information content (AvgIpc) is 3.05. The molecule has 0 atom stereocenters. The number of ketones is 1. The summed E-state index contributed by atoms with van der Waals surface area (Å²) in [6.45, 7) is 8.66. The first-order valence-corrected chi connectivity index (χ1v) is 8.52. The van der Waals surface area contributed by atoms with E-state index >= 15 is 0 Å². The lowest BCUT2D eigenvalue weighted by atomic mass is 9.83. The molecule has 0 spiro atoms. The lowest BCUT2D eigenvalue weighted by Crippen LogP contribution is -2.53. The number of carbonyl (C=O) groups is 1. The molecule has 2 nitrogen and oxygen atoms in total. The Morgan fingerprint density at radius 2 is 1.52 bits per heavy atom. The van der Waals surface area contributed by atoms with Gasteiger partial charge >= 0.3 is 0 Å². The van der Waals surface area contributed by atoms with E-state index in [0.717, 1.165) is 37.9 Å². The van der Waals surface area contributed by atoms with Crippen molar-refractivity contribution in [1.29, 1.82) is 0 Å². The normalized spacial score (nSPS) is 16.3. The fraction of sp³-hybridized carbons (Fsp3) is 0.632. The SMILES string of the molecule is CCc1ccc(CC(=O)C(CC)(CC)N2CCCC2)cc1. The third-order valence-corrected chi connectivity index (χ3v) is 5.20. The highest BCUT2D eigenvalue weighted by molar-refractivity contribution is 5.90. The van der Waals surface area contributed by atoms with E-state index in [-0.39, 0.29) is 5.54 Å². The molecule has 0 bridgehead atoms. The van der Waals surface area contributed by atoms with E-state index in [4.69, 9.17) is 0 Å². The molecule has 2 rings (SSSR count). The average molecular weight is 287 g/mol. The van der Waals surface area contributed by atoms with E-state index in [0.29, 0.717) is 12.2 Å². The molecular weight excluding hydrogens is 258 g/mol. The van der Waals surface area contributed by atoms with Crippen LogP contribution in [0.15, 0.2) is 24.3 Å². The summed E-state index contributed by atoms with van der Waals surface area (Å²) in [5.74, 6) is 0.402. The minimum atomic E-state index is -0.236. The third-order valence-electron chi connectivity index (χ3n) is 5.20. The van der Waals surface area contributed by atoms with Crippen LogP contribution < -0.4 is 0 Å². The fourth-order valence-corrected chi connectivity index (χ4v) is 3.66. The summed E-state index contributed by atoms with van der Waals surface area (Å²) in [4.78, 5) is 15.4. The molecule has 1 aliphatic heterocycles. The van der Waals surface area contributed by atoms with E-state index in [2.05, 4.69) is 49.9 Å². The van der Waals surface area contributed by atoms with Gasteiger partial charge in [-0.2, -0.15) is 0 Å². The van der Waals surface area contributed by atoms with Gasteiger partial charge in [0.05, 0.1) is 5.54 Å². The molecule has 0 N–H and O–H groups in total. The molecule has 0 aliphatic carbocycles. The fourth-order valence-electron chi connectivity index (χ4n) is 3.66. The molecule has 21 heavy (non-hydrogen) atoms. The van der Waals surface area contributed by atoms with Gasteiger partial charge < -0.3 is 0 Å². The van der Waals surface area contributed by atoms with Crippen LogP contribution in [-0.2, 0) is 17.6 Å². The lowest BCUT2D eigenvalue weighted by Gasteiger charge is -2.39. The van der Waals surface area contributed by atoms with Crippen molar-refractivity contribution in [3.8, 4) is 0 Å². The second-order valence-corrected chi connectivity index (χ2v) is 6.20. The molecule has 1 saturated heterocycles. The van der Waals surface area contributed by atoms with Crippen molar-refractivity contribution in [1.82, 2.24) is 4.90 Å². The summed E-state index contributed by atoms with van der Waals surface area (Å²) in [5.41, 5.74) is 2.26. The Kier molecular flexibility index (Phi) is 5.58. The van der Waals surface area contributed by atoms with Crippen LogP contribution in [0.2, 0.25) is 0 Å². The van der Waals surface area contributed by atoms with Crippen molar-refractivity contribution in [2.75, 3.05) is 13.1 Å². The Balaban J connectivity index is 2.14. The van der Waals surface area contributed by atoms with Crippen LogP contribution in [0.25, 0.3) is 0 Å². The number of nitrogens with zero attached hydrogens (tertiary/aromatic N) is 1. The first-order chi connectivity index (χ1) is 10.2. The molecule has 0 amide bonds. The molecule has 2 heteroatoms. The van der Waals surface area contributed by atoms with Gasteiger partial charge in [0, 0.05) is 6.42 Å². The lowest BCUT2D eigenvalue weighted by molar-refractivity contribution is -0.130. The Bertz CT molecular complexity index is 453. The minimum Gasteiger partial charge on any atom is -0.297 e. The van der Waals surface area contributed by atoms with Crippen molar-refractivity contribution in [3.63, 3.8) is 0 Å². The molecule has 0 saturated carbocycles. The maximum absolute atomic E-state index is 13.0. The number of carbonyl (C=O) groups excluding carboxylic acids is 1. The second-order valence-electron chi connectivity index (χ2n) is 6.20. The van der Waals surface area contributed by atoms with Gasteiger partial charge in [-0.3, -0.25) is 9.69 Å². The van der Waals surface area contributed by atoms with Crippen molar-refractivity contribution in [2.24, 2.45) is 0 Å². The van der Waals surface area contributed by atoms with Crippen LogP contribution >= 0.6 is 0 Å². The Labute approximate surface area is 129 Å². The minimum absolute atomic E-state index is 0.236. The first kappa shape index (κ1) is 16.2. The van der Waals surface area contributed by atoms with Gasteiger partial charge in [0.15, 0.2) is 5.78 Å². The zero-order valence-corrected chi connectivity index (χ0v) is 13.8. The van der Waals surface area contributed by atoms with Gasteiger partial charge in [0.1, 0.15) is 0 Å². The zero-order chi connectivity index (χ0) is 15.3. The second kappa shape index (κ2) is 7.22. The number of aryl methyl sites for hydroxylation is 1. The van der Waals surface area contributed by atoms with Crippen LogP contribution in [0.1, 0.15) is 57.6 Å². The van der Waals surface area contributed by atoms with Gasteiger partial charge in [-0.1, -0.05) is 45.0 Å². The van der Waals surface area contributed by atoms with E-state index < -0.39 is 0 Å². The predicted octanol–water partition coefficient (Wildman–Crippen LogP) is 4.02. The monoisotopic (exact) mass is 287 g/mol. The van der Waals surface area contributed by atoms with Crippen molar-refractivity contribution in [2.45, 2.75) is 64.8 Å². The molecule has 0 radical (unpaired) electrons. The van der Waals surface area contributed by atoms with Gasteiger partial charge in [-0.25, -0.2) is 0 Å². The largest absolute Gasteiger partial charge is 0.297 e. The van der Waals surface area contributed by atoms with Crippen LogP contribution in [0.4, 0.5) is 0 Å². The maximum Gasteiger partial charge on any atom is 0.157 e. The van der Waals surface area contributed by atoms with Crippen molar-refractivity contribution in [3.05, 3.63) is 35.4 Å². The Morgan fingerprint density at radius 3 is 2.00 bits per heavy atom. The standard InChI is InChI=1S/C19H29NO/c1-4-16-9-11-17(12-10-16)15-18(21)19(5-2,6-3)20-13-7-8-14-20/h9-12H,4-8,13-15H2,1-3H3. The maximum atomic E-state index is 13.0. The summed E-state index contributed by atoms with van der Waals surface area (Å²) in [7, 11) is 0. The number of hydrogen-bond donors (Lipinski definition) is 0. The van der Waals surface area contributed by atoms with E-state index in [9.17, 15) is 4.79 Å². The molecule has 1 aliphatic rings. The summed E-state index contributed by atoms with van der Waals surface area (Å²) in [5, 5.41) is 0. The van der Waals surface area contributed by atoms with E-state index in [1.807, 2.05) is 0 Å². The quantitative estimate of drug-likeness (QED) is 0.755. The predicted molar refractivity (Wildman–Crippen MR) is 88.7 cm³/mol. The number of likely N-dealkylation sites (tertiary alicyclic amines) is 1. The summed E-state index contributed by atoms with van der Waals surface area (Å²) < 4.78 is 0. The number of hydrogen-bond acceptors (Lipinski definition) is 2. The third kappa shape index (κ3) is 3.37. The molecule has 0 unspecified atom stereocenters. The highest BCUT2D eigenvalue weighted by Gasteiger charge is 2.41. The number of Topliss-reactive ketones (excluding diaryl/α,β-unsaturated/α-hetero) is 1. The van der Waals surface area contributed by atoms with Crippen LogP contribution in [0.5, 0.6) is 0 Å². The molecule has 1 aromatic carbocycles. The Hall–Kier alpha value is -1.15. The highest BCUT2D eigenvalue weighted by Crippen LogP contribution is 2.30. The molecule has 1 heterocycles. The van der Waals surface area contributed by atoms with Gasteiger partial charge in [0.2, 0.25) is 0 Å². The zero-order valence-electron chi connectivity index (χ0n) is 13.8. The van der Waals surface area contributed by atoms with Crippen molar-refractivity contribution >= 4 is 5.78 Å². The topological polar surface area (TPSA) is 20.3 Å². The van der Waals surface area contributed by atoms with E-state index in [1.165, 1.54) is 18.4 Å². The van der Waals surface area contributed by atoms with Gasteiger partial charge in [-0.05, 0) is 56.3 Å². The van der Waals surface area contributed by atoms with Gasteiger partial charge in [0.25, 0.3) is 0 Å².